The average molecular weight is 306 g/mol. The predicted octanol–water partition coefficient (Wildman–Crippen LogP) is 2.44. The van der Waals surface area contributed by atoms with Gasteiger partial charge in [-0.15, -0.1) is 0 Å². The molecule has 0 atom stereocenters. The Morgan fingerprint density at radius 2 is 2.00 bits per heavy atom. The molecule has 1 aromatic carbocycles. The molecule has 0 bridgehead atoms. The van der Waals surface area contributed by atoms with Crippen molar-refractivity contribution in [2.45, 2.75) is 25.3 Å². The van der Waals surface area contributed by atoms with E-state index in [0.717, 1.165) is 35.9 Å². The lowest BCUT2D eigenvalue weighted by Crippen LogP contribution is -2.37. The fourth-order valence-corrected chi connectivity index (χ4v) is 3.05. The summed E-state index contributed by atoms with van der Waals surface area (Å²) in [6.45, 7) is 0. The molecule has 1 saturated carbocycles. The van der Waals surface area contributed by atoms with Crippen LogP contribution in [-0.2, 0) is 6.42 Å². The van der Waals surface area contributed by atoms with Crippen LogP contribution in [0.4, 0.5) is 11.6 Å². The summed E-state index contributed by atoms with van der Waals surface area (Å²) in [5.41, 5.74) is 8.50. The van der Waals surface area contributed by atoms with E-state index >= 15 is 0 Å². The average Bonchev–Trinajstić information content (AvgIpc) is 2.54. The minimum atomic E-state index is 0.421. The van der Waals surface area contributed by atoms with Crippen molar-refractivity contribution in [1.82, 2.24) is 19.9 Å². The van der Waals surface area contributed by atoms with E-state index in [1.54, 1.807) is 12.5 Å². The summed E-state index contributed by atoms with van der Waals surface area (Å²) in [4.78, 5) is 17.1. The molecule has 1 fully saturated rings. The number of nitrogen functional groups attached to an aromatic ring is 1. The Morgan fingerprint density at radius 3 is 2.87 bits per heavy atom. The van der Waals surface area contributed by atoms with E-state index in [-0.39, 0.29) is 0 Å². The molecule has 1 aliphatic carbocycles. The summed E-state index contributed by atoms with van der Waals surface area (Å²) in [6.07, 6.45) is 8.16. The molecule has 6 nitrogen and oxygen atoms in total. The predicted molar refractivity (Wildman–Crippen MR) is 89.8 cm³/mol. The Labute approximate surface area is 134 Å². The first-order valence-electron chi connectivity index (χ1n) is 7.80. The fraction of sp³-hybridized carbons (Fsp3) is 0.294. The van der Waals surface area contributed by atoms with Crippen LogP contribution in [-0.4, -0.2) is 26.0 Å². The summed E-state index contributed by atoms with van der Waals surface area (Å²) < 4.78 is 0. The van der Waals surface area contributed by atoms with Crippen molar-refractivity contribution in [3.05, 3.63) is 48.7 Å². The van der Waals surface area contributed by atoms with E-state index in [4.69, 9.17) is 5.73 Å². The van der Waals surface area contributed by atoms with Gasteiger partial charge in [0.2, 0.25) is 5.95 Å². The molecule has 0 unspecified atom stereocenters. The zero-order valence-corrected chi connectivity index (χ0v) is 12.7. The first-order chi connectivity index (χ1) is 11.3. The van der Waals surface area contributed by atoms with Crippen molar-refractivity contribution in [3.8, 4) is 0 Å². The number of benzene rings is 1. The maximum Gasteiger partial charge on any atom is 0.223 e. The summed E-state index contributed by atoms with van der Waals surface area (Å²) in [7, 11) is 0. The van der Waals surface area contributed by atoms with E-state index < -0.39 is 0 Å². The molecule has 2 heterocycles. The van der Waals surface area contributed by atoms with Gasteiger partial charge in [0.15, 0.2) is 0 Å². The van der Waals surface area contributed by atoms with Crippen LogP contribution < -0.4 is 11.1 Å². The monoisotopic (exact) mass is 306 g/mol. The number of para-hydroxylation sites is 1. The van der Waals surface area contributed by atoms with Gasteiger partial charge >= 0.3 is 0 Å². The largest absolute Gasteiger partial charge is 0.396 e. The fourth-order valence-electron chi connectivity index (χ4n) is 3.05. The Hall–Kier alpha value is -2.76. The molecule has 6 heteroatoms. The summed E-state index contributed by atoms with van der Waals surface area (Å²) in [6, 6.07) is 8.43. The molecule has 3 N–H and O–H groups in total. The van der Waals surface area contributed by atoms with Gasteiger partial charge in [0.25, 0.3) is 0 Å². The Bertz CT molecular complexity index is 828. The van der Waals surface area contributed by atoms with Gasteiger partial charge in [0, 0.05) is 17.6 Å². The lowest BCUT2D eigenvalue weighted by molar-refractivity contribution is 0.279. The molecule has 116 valence electrons. The third-order valence-electron chi connectivity index (χ3n) is 4.37. The molecule has 0 radical (unpaired) electrons. The minimum absolute atomic E-state index is 0.421. The molecule has 0 amide bonds. The normalized spacial score (nSPS) is 20.2. The van der Waals surface area contributed by atoms with Crippen LogP contribution in [0.25, 0.3) is 10.9 Å². The standard InChI is InChI=1S/C17H18N6/c18-14-9-19-10-21-16(14)7-11-5-13(6-11)22-17-20-8-12-3-1-2-4-15(12)23-17/h1-4,8-11,13H,5-7,18H2,(H,20,22,23). The maximum atomic E-state index is 5.90. The number of nitrogens with one attached hydrogen (secondary N) is 1. The Kier molecular flexibility index (Phi) is 3.49. The minimum Gasteiger partial charge on any atom is -0.396 e. The van der Waals surface area contributed by atoms with E-state index in [9.17, 15) is 0 Å². The van der Waals surface area contributed by atoms with Crippen LogP contribution in [0.15, 0.2) is 43.0 Å². The first kappa shape index (κ1) is 13.9. The van der Waals surface area contributed by atoms with Crippen LogP contribution in [0.1, 0.15) is 18.5 Å². The van der Waals surface area contributed by atoms with Crippen molar-refractivity contribution >= 4 is 22.5 Å². The lowest BCUT2D eigenvalue weighted by Gasteiger charge is -2.35. The van der Waals surface area contributed by atoms with E-state index in [0.29, 0.717) is 23.6 Å². The number of anilines is 2. The molecule has 23 heavy (non-hydrogen) atoms. The molecule has 1 aliphatic rings. The van der Waals surface area contributed by atoms with Gasteiger partial charge in [-0.2, -0.15) is 0 Å². The number of nitrogens with zero attached hydrogens (tertiary/aromatic N) is 4. The number of hydrogen-bond donors (Lipinski definition) is 2. The first-order valence-corrected chi connectivity index (χ1v) is 7.80. The number of nitrogens with two attached hydrogens (primary N) is 1. The third kappa shape index (κ3) is 2.92. The number of rotatable bonds is 4. The summed E-state index contributed by atoms with van der Waals surface area (Å²) >= 11 is 0. The Balaban J connectivity index is 1.36. The van der Waals surface area contributed by atoms with Crippen molar-refractivity contribution < 1.29 is 0 Å². The molecule has 0 saturated heterocycles. The van der Waals surface area contributed by atoms with Gasteiger partial charge in [0.1, 0.15) is 6.33 Å². The van der Waals surface area contributed by atoms with Crippen LogP contribution >= 0.6 is 0 Å². The second-order valence-corrected chi connectivity index (χ2v) is 6.06. The van der Waals surface area contributed by atoms with Crippen LogP contribution in [0.5, 0.6) is 0 Å². The van der Waals surface area contributed by atoms with Gasteiger partial charge < -0.3 is 11.1 Å². The molecule has 0 aliphatic heterocycles. The molecule has 0 spiro atoms. The van der Waals surface area contributed by atoms with Crippen molar-refractivity contribution in [2.24, 2.45) is 5.92 Å². The van der Waals surface area contributed by atoms with Gasteiger partial charge in [-0.05, 0) is 31.2 Å². The second kappa shape index (κ2) is 5.79. The van der Waals surface area contributed by atoms with Gasteiger partial charge in [-0.1, -0.05) is 18.2 Å². The van der Waals surface area contributed by atoms with Crippen molar-refractivity contribution in [3.63, 3.8) is 0 Å². The topological polar surface area (TPSA) is 89.6 Å². The van der Waals surface area contributed by atoms with Crippen LogP contribution in [0.2, 0.25) is 0 Å². The molecule has 2 aromatic heterocycles. The number of fused-ring (bicyclic) bond motifs is 1. The summed E-state index contributed by atoms with van der Waals surface area (Å²) in [5.74, 6) is 1.30. The van der Waals surface area contributed by atoms with Gasteiger partial charge in [-0.25, -0.2) is 19.9 Å². The van der Waals surface area contributed by atoms with Gasteiger partial charge in [0.05, 0.1) is 23.1 Å². The smallest absolute Gasteiger partial charge is 0.223 e. The van der Waals surface area contributed by atoms with Gasteiger partial charge in [-0.3, -0.25) is 0 Å². The van der Waals surface area contributed by atoms with E-state index in [2.05, 4.69) is 25.3 Å². The van der Waals surface area contributed by atoms with E-state index in [1.807, 2.05) is 30.5 Å². The zero-order chi connectivity index (χ0) is 15.6. The maximum absolute atomic E-state index is 5.90. The highest BCUT2D eigenvalue weighted by Crippen LogP contribution is 2.33. The molecular weight excluding hydrogens is 288 g/mol. The highest BCUT2D eigenvalue weighted by Gasteiger charge is 2.30. The zero-order valence-electron chi connectivity index (χ0n) is 12.7. The third-order valence-corrected chi connectivity index (χ3v) is 4.37. The number of aromatic nitrogens is 4. The molecular formula is C17H18N6. The quantitative estimate of drug-likeness (QED) is 0.769. The van der Waals surface area contributed by atoms with Crippen molar-refractivity contribution in [1.29, 1.82) is 0 Å². The molecule has 3 aromatic rings. The lowest BCUT2D eigenvalue weighted by atomic mass is 9.77. The highest BCUT2D eigenvalue weighted by atomic mass is 15.1. The van der Waals surface area contributed by atoms with Crippen LogP contribution in [0, 0.1) is 5.92 Å². The number of hydrogen-bond acceptors (Lipinski definition) is 6. The SMILES string of the molecule is Nc1cncnc1CC1CC(Nc2ncc3ccccc3n2)C1. The Morgan fingerprint density at radius 1 is 1.13 bits per heavy atom. The van der Waals surface area contributed by atoms with Crippen molar-refractivity contribution in [2.75, 3.05) is 11.1 Å². The van der Waals surface area contributed by atoms with E-state index in [1.165, 1.54) is 0 Å². The second-order valence-electron chi connectivity index (χ2n) is 6.06. The highest BCUT2D eigenvalue weighted by molar-refractivity contribution is 5.78. The summed E-state index contributed by atoms with van der Waals surface area (Å²) in [5, 5.41) is 4.47. The van der Waals surface area contributed by atoms with Crippen LogP contribution in [0.3, 0.4) is 0 Å². The molecule has 4 rings (SSSR count).